The Morgan fingerprint density at radius 2 is 1.81 bits per heavy atom. The molecule has 0 saturated carbocycles. The standard InChI is InChI=1S/C17H16N2OS/c1-18-11-15-16(12-6-3-2-4-7-12)21-17(19-15)13-8-5-9-14(20)10-13/h2-10,18,20H,11H2,1H3. The number of aromatic hydroxyl groups is 1. The Labute approximate surface area is 127 Å². The van der Waals surface area contributed by atoms with Gasteiger partial charge >= 0.3 is 0 Å². The number of hydrogen-bond acceptors (Lipinski definition) is 4. The summed E-state index contributed by atoms with van der Waals surface area (Å²) in [6, 6.07) is 17.5. The van der Waals surface area contributed by atoms with Gasteiger partial charge in [0.2, 0.25) is 0 Å². The van der Waals surface area contributed by atoms with E-state index in [2.05, 4.69) is 17.4 Å². The zero-order valence-corrected chi connectivity index (χ0v) is 12.5. The van der Waals surface area contributed by atoms with Crippen LogP contribution in [-0.4, -0.2) is 17.1 Å². The summed E-state index contributed by atoms with van der Waals surface area (Å²) in [6.07, 6.45) is 0. The number of rotatable bonds is 4. The van der Waals surface area contributed by atoms with Crippen LogP contribution in [0.2, 0.25) is 0 Å². The Morgan fingerprint density at radius 1 is 1.05 bits per heavy atom. The van der Waals surface area contributed by atoms with Gasteiger partial charge in [0.25, 0.3) is 0 Å². The molecule has 0 atom stereocenters. The second kappa shape index (κ2) is 6.08. The van der Waals surface area contributed by atoms with Gasteiger partial charge < -0.3 is 10.4 Å². The van der Waals surface area contributed by atoms with Crippen molar-refractivity contribution < 1.29 is 5.11 Å². The quantitative estimate of drug-likeness (QED) is 0.767. The smallest absolute Gasteiger partial charge is 0.124 e. The molecule has 0 amide bonds. The van der Waals surface area contributed by atoms with E-state index in [1.165, 1.54) is 10.4 Å². The van der Waals surface area contributed by atoms with E-state index in [1.807, 2.05) is 37.4 Å². The molecule has 0 saturated heterocycles. The summed E-state index contributed by atoms with van der Waals surface area (Å²) < 4.78 is 0. The first kappa shape index (κ1) is 13.8. The molecule has 0 radical (unpaired) electrons. The first-order chi connectivity index (χ1) is 10.3. The van der Waals surface area contributed by atoms with E-state index in [4.69, 9.17) is 4.98 Å². The van der Waals surface area contributed by atoms with Crippen molar-refractivity contribution in [2.45, 2.75) is 6.54 Å². The number of thiazole rings is 1. The minimum absolute atomic E-state index is 0.263. The number of phenols is 1. The maximum absolute atomic E-state index is 9.64. The maximum atomic E-state index is 9.64. The fourth-order valence-corrected chi connectivity index (χ4v) is 3.30. The summed E-state index contributed by atoms with van der Waals surface area (Å²) in [5.74, 6) is 0.263. The number of nitrogens with zero attached hydrogens (tertiary/aromatic N) is 1. The molecular formula is C17H16N2OS. The lowest BCUT2D eigenvalue weighted by Gasteiger charge is -2.00. The molecule has 3 rings (SSSR count). The molecule has 0 unspecified atom stereocenters. The van der Waals surface area contributed by atoms with Gasteiger partial charge in [-0.3, -0.25) is 0 Å². The first-order valence-electron chi connectivity index (χ1n) is 6.77. The Hall–Kier alpha value is -2.17. The number of phenolic OH excluding ortho intramolecular Hbond substituents is 1. The van der Waals surface area contributed by atoms with Crippen molar-refractivity contribution in [3.63, 3.8) is 0 Å². The van der Waals surface area contributed by atoms with Crippen LogP contribution in [-0.2, 0) is 6.54 Å². The summed E-state index contributed by atoms with van der Waals surface area (Å²) in [7, 11) is 1.92. The van der Waals surface area contributed by atoms with Crippen LogP contribution in [0.1, 0.15) is 5.69 Å². The molecule has 0 aliphatic heterocycles. The van der Waals surface area contributed by atoms with Gasteiger partial charge in [0.05, 0.1) is 10.6 Å². The zero-order chi connectivity index (χ0) is 14.7. The van der Waals surface area contributed by atoms with E-state index in [-0.39, 0.29) is 5.75 Å². The monoisotopic (exact) mass is 296 g/mol. The summed E-state index contributed by atoms with van der Waals surface area (Å²) in [6.45, 7) is 0.722. The highest BCUT2D eigenvalue weighted by molar-refractivity contribution is 7.18. The molecule has 4 heteroatoms. The molecule has 2 N–H and O–H groups in total. The number of aromatic nitrogens is 1. The van der Waals surface area contributed by atoms with Gasteiger partial charge in [-0.1, -0.05) is 42.5 Å². The number of benzene rings is 2. The largest absolute Gasteiger partial charge is 0.508 e. The van der Waals surface area contributed by atoms with Crippen LogP contribution in [0.15, 0.2) is 54.6 Å². The summed E-state index contributed by atoms with van der Waals surface area (Å²) in [5.41, 5.74) is 3.15. The molecule has 1 heterocycles. The third kappa shape index (κ3) is 2.96. The predicted octanol–water partition coefficient (Wildman–Crippen LogP) is 3.90. The summed E-state index contributed by atoms with van der Waals surface area (Å²) in [4.78, 5) is 5.90. The molecule has 3 aromatic rings. The lowest BCUT2D eigenvalue weighted by Crippen LogP contribution is -2.06. The average molecular weight is 296 g/mol. The normalized spacial score (nSPS) is 10.7. The Kier molecular flexibility index (Phi) is 3.99. The highest BCUT2D eigenvalue weighted by Crippen LogP contribution is 2.36. The van der Waals surface area contributed by atoms with Gasteiger partial charge in [0, 0.05) is 12.1 Å². The highest BCUT2D eigenvalue weighted by atomic mass is 32.1. The van der Waals surface area contributed by atoms with E-state index >= 15 is 0 Å². The van der Waals surface area contributed by atoms with Gasteiger partial charge in [0.15, 0.2) is 0 Å². The van der Waals surface area contributed by atoms with E-state index in [0.29, 0.717) is 0 Å². The molecule has 0 spiro atoms. The predicted molar refractivity (Wildman–Crippen MR) is 87.4 cm³/mol. The van der Waals surface area contributed by atoms with Crippen LogP contribution < -0.4 is 5.32 Å². The topological polar surface area (TPSA) is 45.2 Å². The highest BCUT2D eigenvalue weighted by Gasteiger charge is 2.13. The van der Waals surface area contributed by atoms with E-state index in [1.54, 1.807) is 23.5 Å². The summed E-state index contributed by atoms with van der Waals surface area (Å²) >= 11 is 1.65. The molecule has 21 heavy (non-hydrogen) atoms. The van der Waals surface area contributed by atoms with Crippen molar-refractivity contribution in [3.8, 4) is 26.8 Å². The maximum Gasteiger partial charge on any atom is 0.124 e. The molecule has 2 aromatic carbocycles. The number of hydrogen-bond donors (Lipinski definition) is 2. The van der Waals surface area contributed by atoms with Gasteiger partial charge in [-0.15, -0.1) is 11.3 Å². The third-order valence-corrected chi connectivity index (χ3v) is 4.37. The summed E-state index contributed by atoms with van der Waals surface area (Å²) in [5, 5.41) is 13.7. The minimum atomic E-state index is 0.263. The van der Waals surface area contributed by atoms with E-state index in [9.17, 15) is 5.11 Å². The second-order valence-corrected chi connectivity index (χ2v) is 5.74. The molecular weight excluding hydrogens is 280 g/mol. The van der Waals surface area contributed by atoms with Gasteiger partial charge in [-0.25, -0.2) is 4.98 Å². The lowest BCUT2D eigenvalue weighted by atomic mass is 10.1. The van der Waals surface area contributed by atoms with Gasteiger partial charge in [-0.2, -0.15) is 0 Å². The molecule has 106 valence electrons. The van der Waals surface area contributed by atoms with Crippen LogP contribution in [0.5, 0.6) is 5.75 Å². The average Bonchev–Trinajstić information content (AvgIpc) is 2.93. The Balaban J connectivity index is 2.08. The minimum Gasteiger partial charge on any atom is -0.508 e. The first-order valence-corrected chi connectivity index (χ1v) is 7.58. The molecule has 0 fully saturated rings. The van der Waals surface area contributed by atoms with Crippen molar-refractivity contribution in [1.29, 1.82) is 0 Å². The SMILES string of the molecule is CNCc1nc(-c2cccc(O)c2)sc1-c1ccccc1. The third-order valence-electron chi connectivity index (χ3n) is 3.17. The van der Waals surface area contributed by atoms with Crippen LogP contribution in [0.3, 0.4) is 0 Å². The van der Waals surface area contributed by atoms with Gasteiger partial charge in [-0.05, 0) is 24.7 Å². The Bertz CT molecular complexity index is 738. The number of nitrogens with one attached hydrogen (secondary N) is 1. The van der Waals surface area contributed by atoms with Gasteiger partial charge in [0.1, 0.15) is 10.8 Å². The lowest BCUT2D eigenvalue weighted by molar-refractivity contribution is 0.475. The fraction of sp³-hybridized carbons (Fsp3) is 0.118. The van der Waals surface area contributed by atoms with Crippen molar-refractivity contribution in [2.24, 2.45) is 0 Å². The molecule has 0 aliphatic carbocycles. The van der Waals surface area contributed by atoms with Crippen LogP contribution in [0.4, 0.5) is 0 Å². The molecule has 0 aliphatic rings. The fourth-order valence-electron chi connectivity index (χ4n) is 2.22. The van der Waals surface area contributed by atoms with Crippen molar-refractivity contribution in [2.75, 3.05) is 7.05 Å². The Morgan fingerprint density at radius 3 is 2.52 bits per heavy atom. The van der Waals surface area contributed by atoms with Crippen LogP contribution in [0, 0.1) is 0 Å². The zero-order valence-electron chi connectivity index (χ0n) is 11.7. The van der Waals surface area contributed by atoms with E-state index in [0.717, 1.165) is 22.8 Å². The van der Waals surface area contributed by atoms with Crippen LogP contribution in [0.25, 0.3) is 21.0 Å². The molecule has 1 aromatic heterocycles. The van der Waals surface area contributed by atoms with Crippen molar-refractivity contribution in [3.05, 3.63) is 60.3 Å². The van der Waals surface area contributed by atoms with Crippen LogP contribution >= 0.6 is 11.3 Å². The molecule has 3 nitrogen and oxygen atoms in total. The van der Waals surface area contributed by atoms with Crippen molar-refractivity contribution >= 4 is 11.3 Å². The van der Waals surface area contributed by atoms with E-state index < -0.39 is 0 Å². The molecule has 0 bridgehead atoms. The second-order valence-electron chi connectivity index (χ2n) is 4.74. The van der Waals surface area contributed by atoms with Crippen molar-refractivity contribution in [1.82, 2.24) is 10.3 Å².